The first kappa shape index (κ1) is 28.0. The van der Waals surface area contributed by atoms with Crippen LogP contribution in [0.5, 0.6) is 0 Å². The molecule has 5 rings (SSSR count). The molecule has 0 atom stereocenters. The maximum atomic E-state index is 14.7. The van der Waals surface area contributed by atoms with E-state index < -0.39 is 11.5 Å². The van der Waals surface area contributed by atoms with E-state index in [1.165, 1.54) is 12.3 Å². The van der Waals surface area contributed by atoms with Crippen molar-refractivity contribution >= 4 is 11.6 Å². The van der Waals surface area contributed by atoms with E-state index >= 15 is 0 Å². The van der Waals surface area contributed by atoms with Crippen LogP contribution >= 0.6 is 0 Å². The van der Waals surface area contributed by atoms with Gasteiger partial charge in [0.25, 0.3) is 5.56 Å². The van der Waals surface area contributed by atoms with Gasteiger partial charge < -0.3 is 18.6 Å². The normalized spacial score (nSPS) is 11.5. The van der Waals surface area contributed by atoms with E-state index in [4.69, 9.17) is 9.15 Å². The van der Waals surface area contributed by atoms with Gasteiger partial charge in [-0.15, -0.1) is 0 Å². The number of ether oxygens (including phenoxy) is 1. The predicted molar refractivity (Wildman–Crippen MR) is 155 cm³/mol. The van der Waals surface area contributed by atoms with E-state index in [2.05, 4.69) is 9.88 Å². The van der Waals surface area contributed by atoms with E-state index in [-0.39, 0.29) is 24.5 Å². The summed E-state index contributed by atoms with van der Waals surface area (Å²) < 4.78 is 29.1. The first-order chi connectivity index (χ1) is 19.8. The average Bonchev–Trinajstić information content (AvgIpc) is 3.49. The summed E-state index contributed by atoms with van der Waals surface area (Å²) >= 11 is 0. The molecule has 0 aliphatic rings. The summed E-state index contributed by atoms with van der Waals surface area (Å²) in [6, 6.07) is 16.1. The van der Waals surface area contributed by atoms with Gasteiger partial charge >= 0.3 is 5.97 Å². The zero-order chi connectivity index (χ0) is 29.1. The summed E-state index contributed by atoms with van der Waals surface area (Å²) in [4.78, 5) is 33.4. The van der Waals surface area contributed by atoms with Crippen LogP contribution in [0.3, 0.4) is 0 Å². The van der Waals surface area contributed by atoms with Crippen LogP contribution in [0.4, 0.5) is 4.39 Å². The Morgan fingerprint density at radius 3 is 2.56 bits per heavy atom. The number of aromatic nitrogens is 3. The minimum atomic E-state index is -0.721. The fourth-order valence-corrected chi connectivity index (χ4v) is 5.13. The summed E-state index contributed by atoms with van der Waals surface area (Å²) in [5, 5.41) is 0. The number of hydrogen-bond donors (Lipinski definition) is 0. The summed E-state index contributed by atoms with van der Waals surface area (Å²) in [5.41, 5.74) is 3.70. The van der Waals surface area contributed by atoms with Gasteiger partial charge in [-0.3, -0.25) is 14.2 Å². The fraction of sp³-hybridized carbons (Fsp3) is 0.281. The van der Waals surface area contributed by atoms with Crippen LogP contribution < -0.4 is 5.56 Å². The van der Waals surface area contributed by atoms with Crippen molar-refractivity contribution in [1.29, 1.82) is 0 Å². The molecular weight excluding hydrogens is 523 g/mol. The van der Waals surface area contributed by atoms with Crippen molar-refractivity contribution in [3.05, 3.63) is 117 Å². The number of halogens is 1. The fourth-order valence-electron chi connectivity index (χ4n) is 5.13. The number of benzene rings is 1. The molecule has 0 radical (unpaired) electrons. The number of carbonyl (C=O) groups is 1. The van der Waals surface area contributed by atoms with Gasteiger partial charge in [-0.05, 0) is 58.2 Å². The van der Waals surface area contributed by atoms with E-state index in [1.54, 1.807) is 40.3 Å². The van der Waals surface area contributed by atoms with Crippen LogP contribution in [0.1, 0.15) is 45.8 Å². The molecule has 8 nitrogen and oxygen atoms in total. The third kappa shape index (κ3) is 5.85. The van der Waals surface area contributed by atoms with Gasteiger partial charge in [-0.25, -0.2) is 9.18 Å². The lowest BCUT2D eigenvalue weighted by Gasteiger charge is -2.18. The van der Waals surface area contributed by atoms with Crippen molar-refractivity contribution in [2.75, 3.05) is 20.2 Å². The minimum absolute atomic E-state index is 0.115. The minimum Gasteiger partial charge on any atom is -0.466 e. The number of likely N-dealkylation sites (N-methyl/N-ethyl adjacent to an activating group) is 1. The highest BCUT2D eigenvalue weighted by Crippen LogP contribution is 2.33. The standard InChI is InChI=1S/C32H33FN4O4/c1-5-40-32(39)27-19-36(18-23-10-6-7-12-28(23)33)30-17-26(25-16-21(2)41-22(25)3)29(37(30)31(27)38)20-35(4)15-13-24-11-8-9-14-34-24/h6-12,14,16-17,19H,5,13,15,18,20H2,1-4H3. The zero-order valence-corrected chi connectivity index (χ0v) is 23.7. The number of carbonyl (C=O) groups excluding carboxylic acids is 1. The van der Waals surface area contributed by atoms with Crippen molar-refractivity contribution < 1.29 is 18.3 Å². The second-order valence-electron chi connectivity index (χ2n) is 10.1. The molecule has 1 aromatic carbocycles. The highest BCUT2D eigenvalue weighted by molar-refractivity contribution is 5.89. The molecule has 0 bridgehead atoms. The van der Waals surface area contributed by atoms with Crippen molar-refractivity contribution in [3.63, 3.8) is 0 Å². The third-order valence-electron chi connectivity index (χ3n) is 7.12. The molecule has 4 aromatic heterocycles. The SMILES string of the molecule is CCOC(=O)c1cn(Cc2ccccc2F)c2cc(-c3cc(C)oc3C)c(CN(C)CCc3ccccn3)n2c1=O. The Bertz CT molecular complexity index is 1750. The molecule has 0 spiro atoms. The van der Waals surface area contributed by atoms with Gasteiger partial charge in [0, 0.05) is 60.0 Å². The van der Waals surface area contributed by atoms with Gasteiger partial charge in [0.05, 0.1) is 13.2 Å². The lowest BCUT2D eigenvalue weighted by molar-refractivity contribution is 0.0523. The number of fused-ring (bicyclic) bond motifs is 1. The smallest absolute Gasteiger partial charge is 0.345 e. The van der Waals surface area contributed by atoms with Crippen LogP contribution in [-0.2, 0) is 24.2 Å². The highest BCUT2D eigenvalue weighted by atomic mass is 19.1. The number of esters is 1. The average molecular weight is 557 g/mol. The number of hydrogen-bond acceptors (Lipinski definition) is 6. The molecule has 0 saturated carbocycles. The van der Waals surface area contributed by atoms with E-state index in [0.717, 1.165) is 34.8 Å². The quantitative estimate of drug-likeness (QED) is 0.214. The second kappa shape index (κ2) is 11.9. The lowest BCUT2D eigenvalue weighted by atomic mass is 10.1. The molecule has 9 heteroatoms. The molecule has 0 unspecified atom stereocenters. The molecular formula is C32H33FN4O4. The Balaban J connectivity index is 1.69. The first-order valence-corrected chi connectivity index (χ1v) is 13.6. The Hall–Kier alpha value is -4.50. The lowest BCUT2D eigenvalue weighted by Crippen LogP contribution is -2.30. The van der Waals surface area contributed by atoms with E-state index in [0.29, 0.717) is 30.0 Å². The number of pyridine rings is 1. The van der Waals surface area contributed by atoms with Gasteiger partial charge in [0.2, 0.25) is 0 Å². The molecule has 0 N–H and O–H groups in total. The molecule has 4 heterocycles. The van der Waals surface area contributed by atoms with Crippen LogP contribution in [0.25, 0.3) is 16.8 Å². The van der Waals surface area contributed by atoms with E-state index in [9.17, 15) is 14.0 Å². The van der Waals surface area contributed by atoms with Crippen LogP contribution in [0.15, 0.2) is 76.2 Å². The Kier molecular flexibility index (Phi) is 8.16. The number of nitrogens with zero attached hydrogens (tertiary/aromatic N) is 4. The summed E-state index contributed by atoms with van der Waals surface area (Å²) in [6.07, 6.45) is 3.96. The van der Waals surface area contributed by atoms with Crippen LogP contribution in [-0.4, -0.2) is 45.0 Å². The summed E-state index contributed by atoms with van der Waals surface area (Å²) in [5.74, 6) is 0.372. The highest BCUT2D eigenvalue weighted by Gasteiger charge is 2.25. The van der Waals surface area contributed by atoms with Gasteiger partial charge in [0.1, 0.15) is 28.5 Å². The molecule has 0 amide bonds. The summed E-state index contributed by atoms with van der Waals surface area (Å²) in [6.45, 7) is 6.78. The monoisotopic (exact) mass is 556 g/mol. The number of rotatable bonds is 10. The van der Waals surface area contributed by atoms with Gasteiger partial charge in [-0.1, -0.05) is 24.3 Å². The van der Waals surface area contributed by atoms with Crippen molar-refractivity contribution in [3.8, 4) is 11.1 Å². The first-order valence-electron chi connectivity index (χ1n) is 13.6. The Morgan fingerprint density at radius 2 is 1.88 bits per heavy atom. The molecule has 0 fully saturated rings. The second-order valence-corrected chi connectivity index (χ2v) is 10.1. The maximum Gasteiger partial charge on any atom is 0.345 e. The Labute approximate surface area is 237 Å². The molecule has 5 aromatic rings. The maximum absolute atomic E-state index is 14.7. The molecule has 0 aliphatic carbocycles. The van der Waals surface area contributed by atoms with Gasteiger partial charge in [0.15, 0.2) is 0 Å². The number of furan rings is 1. The van der Waals surface area contributed by atoms with Crippen molar-refractivity contribution in [2.24, 2.45) is 0 Å². The van der Waals surface area contributed by atoms with E-state index in [1.807, 2.05) is 51.2 Å². The number of aryl methyl sites for hydroxylation is 2. The van der Waals surface area contributed by atoms with Crippen molar-refractivity contribution in [2.45, 2.75) is 40.3 Å². The molecule has 0 aliphatic heterocycles. The predicted octanol–water partition coefficient (Wildman–Crippen LogP) is 5.41. The zero-order valence-electron chi connectivity index (χ0n) is 23.7. The molecule has 212 valence electrons. The van der Waals surface area contributed by atoms with Crippen molar-refractivity contribution in [1.82, 2.24) is 18.9 Å². The van der Waals surface area contributed by atoms with Crippen LogP contribution in [0.2, 0.25) is 0 Å². The Morgan fingerprint density at radius 1 is 1.10 bits per heavy atom. The molecule has 0 saturated heterocycles. The largest absolute Gasteiger partial charge is 0.466 e. The summed E-state index contributed by atoms with van der Waals surface area (Å²) in [7, 11) is 1.98. The topological polar surface area (TPSA) is 82.0 Å². The van der Waals surface area contributed by atoms with Gasteiger partial charge in [-0.2, -0.15) is 0 Å². The molecule has 41 heavy (non-hydrogen) atoms. The third-order valence-corrected chi connectivity index (χ3v) is 7.12. The van der Waals surface area contributed by atoms with Crippen LogP contribution in [0, 0.1) is 19.7 Å².